The summed E-state index contributed by atoms with van der Waals surface area (Å²) in [5.41, 5.74) is 1.91. The molecule has 0 heterocycles. The van der Waals surface area contributed by atoms with Crippen molar-refractivity contribution in [1.82, 2.24) is 0 Å². The zero-order valence-corrected chi connectivity index (χ0v) is 11.0. The molecule has 0 atom stereocenters. The van der Waals surface area contributed by atoms with Crippen molar-refractivity contribution in [3.63, 3.8) is 0 Å². The van der Waals surface area contributed by atoms with E-state index in [0.717, 1.165) is 10.0 Å². The molecule has 0 unspecified atom stereocenters. The maximum absolute atomic E-state index is 13.1. The van der Waals surface area contributed by atoms with Gasteiger partial charge in [-0.2, -0.15) is 5.26 Å². The van der Waals surface area contributed by atoms with Crippen molar-refractivity contribution in [2.45, 2.75) is 0 Å². The van der Waals surface area contributed by atoms with E-state index in [2.05, 4.69) is 22.0 Å². The highest BCUT2D eigenvalue weighted by molar-refractivity contribution is 9.10. The van der Waals surface area contributed by atoms with E-state index >= 15 is 0 Å². The predicted octanol–water partition coefficient (Wildman–Crippen LogP) is 4.65. The molecule has 0 aliphatic heterocycles. The molecule has 2 aromatic rings. The van der Waals surface area contributed by atoms with E-state index in [1.54, 1.807) is 18.2 Å². The zero-order chi connectivity index (χ0) is 13.0. The van der Waals surface area contributed by atoms with Crippen LogP contribution in [0.2, 0.25) is 0 Å². The van der Waals surface area contributed by atoms with Crippen LogP contribution in [0.4, 0.5) is 4.39 Å². The molecule has 0 saturated carbocycles. The molecule has 2 rings (SSSR count). The minimum atomic E-state index is -0.345. The van der Waals surface area contributed by atoms with Gasteiger partial charge in [0.2, 0.25) is 0 Å². The Hall–Kier alpha value is -1.92. The Morgan fingerprint density at radius 2 is 1.94 bits per heavy atom. The maximum Gasteiger partial charge on any atom is 0.123 e. The lowest BCUT2D eigenvalue weighted by molar-refractivity contribution is 0.627. The van der Waals surface area contributed by atoms with Crippen LogP contribution in [-0.4, -0.2) is 0 Å². The predicted molar refractivity (Wildman–Crippen MR) is 74.0 cm³/mol. The summed E-state index contributed by atoms with van der Waals surface area (Å²) in [6, 6.07) is 15.7. The van der Waals surface area contributed by atoms with Crippen LogP contribution in [0.1, 0.15) is 11.1 Å². The molecule has 0 N–H and O–H groups in total. The number of allylic oxidation sites excluding steroid dienone is 1. The van der Waals surface area contributed by atoms with Crippen LogP contribution in [-0.2, 0) is 0 Å². The first kappa shape index (κ1) is 12.5. The van der Waals surface area contributed by atoms with Gasteiger partial charge in [-0.05, 0) is 41.5 Å². The van der Waals surface area contributed by atoms with Gasteiger partial charge in [0.05, 0.1) is 11.6 Å². The first-order valence-electron chi connectivity index (χ1n) is 5.32. The minimum Gasteiger partial charge on any atom is -0.207 e. The summed E-state index contributed by atoms with van der Waals surface area (Å²) in [6.07, 6.45) is 1.74. The number of benzene rings is 2. The van der Waals surface area contributed by atoms with E-state index in [0.29, 0.717) is 11.1 Å². The molecule has 0 aliphatic carbocycles. The fourth-order valence-electron chi connectivity index (χ4n) is 1.60. The van der Waals surface area contributed by atoms with Crippen LogP contribution in [0, 0.1) is 17.1 Å². The second-order valence-electron chi connectivity index (χ2n) is 3.74. The third-order valence-corrected chi connectivity index (χ3v) is 2.91. The van der Waals surface area contributed by atoms with Gasteiger partial charge in [0.1, 0.15) is 5.82 Å². The lowest BCUT2D eigenvalue weighted by Gasteiger charge is -2.00. The van der Waals surface area contributed by atoms with Crippen molar-refractivity contribution in [3.05, 3.63) is 69.9 Å². The fraction of sp³-hybridized carbons (Fsp3) is 0. The Bertz CT molecular complexity index is 641. The highest BCUT2D eigenvalue weighted by Gasteiger charge is 2.02. The van der Waals surface area contributed by atoms with Gasteiger partial charge in [-0.1, -0.05) is 40.2 Å². The number of nitrogens with zero attached hydrogens (tertiary/aromatic N) is 1. The SMILES string of the molecule is N#C/C(=C/c1cccc(Br)c1)c1cccc(F)c1. The molecule has 0 radical (unpaired) electrons. The highest BCUT2D eigenvalue weighted by Crippen LogP contribution is 2.20. The molecule has 3 heteroatoms. The van der Waals surface area contributed by atoms with E-state index < -0.39 is 0 Å². The van der Waals surface area contributed by atoms with Gasteiger partial charge in [0.15, 0.2) is 0 Å². The van der Waals surface area contributed by atoms with Gasteiger partial charge in [-0.15, -0.1) is 0 Å². The highest BCUT2D eigenvalue weighted by atomic mass is 79.9. The van der Waals surface area contributed by atoms with Gasteiger partial charge in [-0.25, -0.2) is 4.39 Å². The number of halogens is 2. The van der Waals surface area contributed by atoms with Gasteiger partial charge >= 0.3 is 0 Å². The van der Waals surface area contributed by atoms with Crippen LogP contribution in [0.25, 0.3) is 11.6 Å². The Morgan fingerprint density at radius 1 is 1.17 bits per heavy atom. The molecule has 0 aliphatic rings. The molecule has 0 spiro atoms. The number of hydrogen-bond acceptors (Lipinski definition) is 1. The fourth-order valence-corrected chi connectivity index (χ4v) is 2.02. The van der Waals surface area contributed by atoms with Crippen LogP contribution in [0.3, 0.4) is 0 Å². The summed E-state index contributed by atoms with van der Waals surface area (Å²) in [5, 5.41) is 9.15. The van der Waals surface area contributed by atoms with E-state index in [1.807, 2.05) is 24.3 Å². The topological polar surface area (TPSA) is 23.8 Å². The average Bonchev–Trinajstić information content (AvgIpc) is 2.36. The van der Waals surface area contributed by atoms with Gasteiger partial charge in [-0.3, -0.25) is 0 Å². The largest absolute Gasteiger partial charge is 0.207 e. The van der Waals surface area contributed by atoms with Gasteiger partial charge < -0.3 is 0 Å². The number of rotatable bonds is 2. The van der Waals surface area contributed by atoms with Gasteiger partial charge in [0.25, 0.3) is 0 Å². The Morgan fingerprint density at radius 3 is 2.61 bits per heavy atom. The monoisotopic (exact) mass is 301 g/mol. The summed E-state index contributed by atoms with van der Waals surface area (Å²) in [4.78, 5) is 0. The van der Waals surface area contributed by atoms with Gasteiger partial charge in [0, 0.05) is 4.47 Å². The van der Waals surface area contributed by atoms with Crippen LogP contribution < -0.4 is 0 Å². The summed E-state index contributed by atoms with van der Waals surface area (Å²) < 4.78 is 14.1. The molecular weight excluding hydrogens is 293 g/mol. The second kappa shape index (κ2) is 5.61. The van der Waals surface area contributed by atoms with Crippen LogP contribution in [0.5, 0.6) is 0 Å². The molecular formula is C15H9BrFN. The summed E-state index contributed by atoms with van der Waals surface area (Å²) in [7, 11) is 0. The third-order valence-electron chi connectivity index (χ3n) is 2.42. The summed E-state index contributed by atoms with van der Waals surface area (Å²) in [6.45, 7) is 0. The molecule has 0 amide bonds. The molecule has 0 bridgehead atoms. The lowest BCUT2D eigenvalue weighted by atomic mass is 10.0. The van der Waals surface area contributed by atoms with Crippen molar-refractivity contribution in [3.8, 4) is 6.07 Å². The molecule has 88 valence electrons. The smallest absolute Gasteiger partial charge is 0.123 e. The first-order chi connectivity index (χ1) is 8.69. The standard InChI is InChI=1S/C15H9BrFN/c16-14-5-1-3-11(8-14)7-13(10-18)12-4-2-6-15(17)9-12/h1-9H/b13-7-. The van der Waals surface area contributed by atoms with E-state index in [1.165, 1.54) is 12.1 Å². The van der Waals surface area contributed by atoms with Crippen molar-refractivity contribution >= 4 is 27.6 Å². The van der Waals surface area contributed by atoms with E-state index in [-0.39, 0.29) is 5.82 Å². The van der Waals surface area contributed by atoms with Crippen LogP contribution in [0.15, 0.2) is 53.0 Å². The van der Waals surface area contributed by atoms with Crippen molar-refractivity contribution < 1.29 is 4.39 Å². The summed E-state index contributed by atoms with van der Waals surface area (Å²) in [5.74, 6) is -0.345. The molecule has 18 heavy (non-hydrogen) atoms. The quantitative estimate of drug-likeness (QED) is 0.585. The van der Waals surface area contributed by atoms with Crippen LogP contribution >= 0.6 is 15.9 Å². The maximum atomic E-state index is 13.1. The van der Waals surface area contributed by atoms with E-state index in [4.69, 9.17) is 5.26 Å². The van der Waals surface area contributed by atoms with Crippen molar-refractivity contribution in [1.29, 1.82) is 5.26 Å². The first-order valence-corrected chi connectivity index (χ1v) is 6.11. The molecule has 2 aromatic carbocycles. The lowest BCUT2D eigenvalue weighted by Crippen LogP contribution is -1.84. The van der Waals surface area contributed by atoms with Crippen molar-refractivity contribution in [2.75, 3.05) is 0 Å². The molecule has 0 fully saturated rings. The molecule has 1 nitrogen and oxygen atoms in total. The average molecular weight is 302 g/mol. The zero-order valence-electron chi connectivity index (χ0n) is 9.40. The molecule has 0 aromatic heterocycles. The minimum absolute atomic E-state index is 0.345. The second-order valence-corrected chi connectivity index (χ2v) is 4.65. The molecule has 0 saturated heterocycles. The normalized spacial score (nSPS) is 11.1. The Kier molecular flexibility index (Phi) is 3.91. The Balaban J connectivity index is 2.44. The number of nitriles is 1. The van der Waals surface area contributed by atoms with Crippen molar-refractivity contribution in [2.24, 2.45) is 0 Å². The van der Waals surface area contributed by atoms with E-state index in [9.17, 15) is 4.39 Å². The third kappa shape index (κ3) is 3.06. The summed E-state index contributed by atoms with van der Waals surface area (Å²) >= 11 is 3.37. The Labute approximate surface area is 113 Å². The number of hydrogen-bond donors (Lipinski definition) is 0.